The van der Waals surface area contributed by atoms with Gasteiger partial charge in [-0.3, -0.25) is 0 Å². The van der Waals surface area contributed by atoms with Crippen LogP contribution in [0.3, 0.4) is 0 Å². The molecule has 0 aliphatic rings. The maximum atomic E-state index is 5.80. The summed E-state index contributed by atoms with van der Waals surface area (Å²) in [5.74, 6) is 0. The normalized spacial score (nSPS) is 11.2. The molecule has 0 unspecified atom stereocenters. The summed E-state index contributed by atoms with van der Waals surface area (Å²) in [4.78, 5) is 0. The van der Waals surface area contributed by atoms with Gasteiger partial charge in [0.05, 0.1) is 0 Å². The molecule has 0 radical (unpaired) electrons. The van der Waals surface area contributed by atoms with Crippen LogP contribution < -0.4 is 23.3 Å². The summed E-state index contributed by atoms with van der Waals surface area (Å²) in [6, 6.07) is 8.43. The van der Waals surface area contributed by atoms with Crippen LogP contribution in [0.4, 0.5) is 0 Å². The van der Waals surface area contributed by atoms with Gasteiger partial charge in [0, 0.05) is 0 Å². The van der Waals surface area contributed by atoms with Crippen molar-refractivity contribution < 1.29 is 23.3 Å². The zero-order chi connectivity index (χ0) is 9.26. The van der Waals surface area contributed by atoms with E-state index in [9.17, 15) is 0 Å². The van der Waals surface area contributed by atoms with E-state index in [0.717, 1.165) is 0 Å². The van der Waals surface area contributed by atoms with Crippen LogP contribution in [-0.2, 0) is 7.05 Å². The molecular weight excluding hydrogens is 337 g/mol. The van der Waals surface area contributed by atoms with Gasteiger partial charge in [0.2, 0.25) is 0 Å². The molecule has 0 bridgehead atoms. The molecule has 0 saturated carbocycles. The van der Waals surface area contributed by atoms with Crippen molar-refractivity contribution in [1.82, 2.24) is 0 Å². The van der Waals surface area contributed by atoms with Gasteiger partial charge in [-0.15, -0.1) is 0 Å². The van der Waals surface area contributed by atoms with Gasteiger partial charge in [0.25, 0.3) is 0 Å². The van der Waals surface area contributed by atoms with Crippen molar-refractivity contribution in [2.24, 2.45) is 7.05 Å². The van der Waals surface area contributed by atoms with Crippen LogP contribution in [0.1, 0.15) is 0 Å². The summed E-state index contributed by atoms with van der Waals surface area (Å²) in [6.07, 6.45) is 0. The third-order valence-corrected chi connectivity index (χ3v) is 7.59. The van der Waals surface area contributed by atoms with Gasteiger partial charge in [-0.1, -0.05) is 0 Å². The van der Waals surface area contributed by atoms with Crippen molar-refractivity contribution in [3.8, 4) is 0 Å². The molecule has 1 aromatic heterocycles. The number of fused-ring (bicyclic) bond motifs is 1. The number of rotatable bonds is 2. The van der Waals surface area contributed by atoms with Crippen LogP contribution >= 0.6 is 29.2 Å². The van der Waals surface area contributed by atoms with Crippen molar-refractivity contribution in [3.63, 3.8) is 0 Å². The Bertz CT molecular complexity index is 429. The number of thiazole rings is 1. The fourth-order valence-electron chi connectivity index (χ4n) is 1.17. The molecule has 0 atom stereocenters. The maximum absolute atomic E-state index is 5.80. The Balaban J connectivity index is 2.60. The number of hydrogen-bond acceptors (Lipinski definition) is 2. The molecule has 0 aliphatic carbocycles. The summed E-state index contributed by atoms with van der Waals surface area (Å²) >= 11 is 1.57. The number of halogens is 2. The van der Waals surface area contributed by atoms with E-state index in [4.69, 9.17) is 8.91 Å². The molecule has 0 saturated heterocycles. The Morgan fingerprint density at radius 2 is 2.23 bits per heavy atom. The topological polar surface area (TPSA) is 3.88 Å². The molecule has 1 heterocycles. The number of aromatic nitrogens is 1. The molecule has 70 valence electrons. The van der Waals surface area contributed by atoms with Crippen LogP contribution in [0.5, 0.6) is 0 Å². The van der Waals surface area contributed by atoms with Crippen LogP contribution in [-0.4, -0.2) is 0 Å². The van der Waals surface area contributed by atoms with Gasteiger partial charge >= 0.3 is 98.3 Å². The predicted octanol–water partition coefficient (Wildman–Crippen LogP) is -0.0243. The van der Waals surface area contributed by atoms with Crippen molar-refractivity contribution in [1.29, 1.82) is 0 Å². The Morgan fingerprint density at radius 1 is 1.46 bits per heavy atom. The Morgan fingerprint density at radius 3 is 2.92 bits per heavy atom. The van der Waals surface area contributed by atoms with E-state index in [1.165, 1.54) is 14.6 Å². The van der Waals surface area contributed by atoms with Crippen molar-refractivity contribution in [2.45, 2.75) is 4.34 Å². The molecular formula is C8H7ClINS2. The third kappa shape index (κ3) is 1.95. The molecule has 2 rings (SSSR count). The zero-order valence-corrected chi connectivity index (χ0v) is 11.4. The van der Waals surface area contributed by atoms with Crippen molar-refractivity contribution in [2.75, 3.05) is 0 Å². The molecule has 0 N–H and O–H groups in total. The predicted molar refractivity (Wildman–Crippen MR) is 54.7 cm³/mol. The number of benzene rings is 1. The second kappa shape index (κ2) is 4.33. The monoisotopic (exact) mass is 343 g/mol. The standard InChI is InChI=1S/C8H7ClINS2/c1-11-6-4-2-3-5-7(6)12-8(11)13-10-9/h2-5H,1H3. The first kappa shape index (κ1) is 10.0. The van der Waals surface area contributed by atoms with Gasteiger partial charge in [-0.05, 0) is 0 Å². The summed E-state index contributed by atoms with van der Waals surface area (Å²) in [6.45, 7) is 0. The van der Waals surface area contributed by atoms with Gasteiger partial charge in [0.15, 0.2) is 0 Å². The fourth-order valence-corrected chi connectivity index (χ4v) is 7.26. The minimum absolute atomic E-state index is 0.247. The second-order valence-electron chi connectivity index (χ2n) is 2.53. The van der Waals surface area contributed by atoms with E-state index in [1.54, 1.807) is 8.93 Å². The Hall–Kier alpha value is 0.480. The summed E-state index contributed by atoms with van der Waals surface area (Å²) in [5, 5.41) is 0. The molecule has 1 nitrogen and oxygen atoms in total. The van der Waals surface area contributed by atoms with E-state index in [2.05, 4.69) is 35.9 Å². The average Bonchev–Trinajstić information content (AvgIpc) is 2.46. The SMILES string of the molecule is C[n+]1c(S[I-]Cl)sc2ccccc21. The molecule has 0 fully saturated rings. The van der Waals surface area contributed by atoms with E-state index in [0.29, 0.717) is 0 Å². The number of hydrogen-bond donors (Lipinski definition) is 0. The van der Waals surface area contributed by atoms with Gasteiger partial charge in [-0.2, -0.15) is 0 Å². The minimum atomic E-state index is -0.247. The molecule has 0 aliphatic heterocycles. The second-order valence-corrected chi connectivity index (χ2v) is 9.14. The molecule has 1 aromatic carbocycles. The van der Waals surface area contributed by atoms with E-state index >= 15 is 0 Å². The van der Waals surface area contributed by atoms with Crippen molar-refractivity contribution in [3.05, 3.63) is 24.3 Å². The van der Waals surface area contributed by atoms with Gasteiger partial charge in [0.1, 0.15) is 0 Å². The molecule has 2 aromatic rings. The first-order valence-electron chi connectivity index (χ1n) is 3.63. The summed E-state index contributed by atoms with van der Waals surface area (Å²) in [7, 11) is 9.68. The zero-order valence-electron chi connectivity index (χ0n) is 6.83. The van der Waals surface area contributed by atoms with E-state index in [-0.39, 0.29) is 18.7 Å². The van der Waals surface area contributed by atoms with Crippen LogP contribution in [0.15, 0.2) is 28.6 Å². The van der Waals surface area contributed by atoms with Crippen molar-refractivity contribution >= 4 is 39.4 Å². The van der Waals surface area contributed by atoms with Crippen LogP contribution in [0.2, 0.25) is 0 Å². The van der Waals surface area contributed by atoms with Gasteiger partial charge in [-0.25, -0.2) is 0 Å². The number of nitrogens with zero attached hydrogens (tertiary/aromatic N) is 1. The molecule has 0 spiro atoms. The van der Waals surface area contributed by atoms with E-state index < -0.39 is 0 Å². The average molecular weight is 344 g/mol. The first-order chi connectivity index (χ1) is 6.33. The molecule has 13 heavy (non-hydrogen) atoms. The number of para-hydroxylation sites is 1. The first-order valence-corrected chi connectivity index (χ1v) is 10.5. The Kier molecular flexibility index (Phi) is 3.34. The summed E-state index contributed by atoms with van der Waals surface area (Å²) < 4.78 is 4.86. The fraction of sp³-hybridized carbons (Fsp3) is 0.125. The molecule has 0 amide bonds. The third-order valence-electron chi connectivity index (χ3n) is 1.79. The molecule has 5 heteroatoms. The van der Waals surface area contributed by atoms with Gasteiger partial charge < -0.3 is 0 Å². The van der Waals surface area contributed by atoms with Crippen LogP contribution in [0.25, 0.3) is 10.2 Å². The van der Waals surface area contributed by atoms with E-state index in [1.807, 2.05) is 11.3 Å². The van der Waals surface area contributed by atoms with Crippen LogP contribution in [0, 0.1) is 0 Å². The number of aryl methyl sites for hydroxylation is 1. The quantitative estimate of drug-likeness (QED) is 0.547. The Labute approximate surface area is 97.5 Å². The summed E-state index contributed by atoms with van der Waals surface area (Å²) in [5.41, 5.74) is 1.30.